The van der Waals surface area contributed by atoms with Crippen LogP contribution in [0.25, 0.3) is 0 Å². The lowest BCUT2D eigenvalue weighted by Crippen LogP contribution is -2.54. The van der Waals surface area contributed by atoms with Crippen molar-refractivity contribution in [2.45, 2.75) is 39.0 Å². The third-order valence-corrected chi connectivity index (χ3v) is 6.94. The van der Waals surface area contributed by atoms with Gasteiger partial charge in [0, 0.05) is 38.2 Å². The number of aromatic nitrogens is 4. The highest BCUT2D eigenvalue weighted by molar-refractivity contribution is 6.30. The highest BCUT2D eigenvalue weighted by atomic mass is 35.5. The van der Waals surface area contributed by atoms with Crippen LogP contribution in [-0.4, -0.2) is 73.4 Å². The van der Waals surface area contributed by atoms with Crippen molar-refractivity contribution in [3.63, 3.8) is 0 Å². The van der Waals surface area contributed by atoms with Crippen molar-refractivity contribution in [3.8, 4) is 0 Å². The Morgan fingerprint density at radius 2 is 1.84 bits per heavy atom. The molecule has 0 saturated carbocycles. The summed E-state index contributed by atoms with van der Waals surface area (Å²) >= 11 is 5.89. The first-order valence-corrected chi connectivity index (χ1v) is 12.5. The molecule has 0 aliphatic carbocycles. The van der Waals surface area contributed by atoms with Crippen LogP contribution in [0.2, 0.25) is 5.02 Å². The van der Waals surface area contributed by atoms with E-state index in [1.165, 1.54) is 31.2 Å². The topological polar surface area (TPSA) is 127 Å². The fraction of sp³-hybridized carbons (Fsp3) is 0.360. The van der Waals surface area contributed by atoms with Crippen molar-refractivity contribution in [3.05, 3.63) is 70.0 Å². The summed E-state index contributed by atoms with van der Waals surface area (Å²) in [5.74, 6) is -0.861. The summed E-state index contributed by atoms with van der Waals surface area (Å²) in [4.78, 5) is 52.6. The average Bonchev–Trinajstić information content (AvgIpc) is 3.49. The number of carbonyl (C=O) groups excluding carboxylic acids is 3. The minimum Gasteiger partial charge on any atom is -0.341 e. The van der Waals surface area contributed by atoms with Crippen molar-refractivity contribution in [1.82, 2.24) is 35.3 Å². The molecule has 2 aliphatic heterocycles. The van der Waals surface area contributed by atoms with Crippen LogP contribution >= 0.6 is 11.6 Å². The Morgan fingerprint density at radius 3 is 2.50 bits per heavy atom. The summed E-state index contributed by atoms with van der Waals surface area (Å²) in [5, 5.41) is 10.3. The van der Waals surface area contributed by atoms with Crippen LogP contribution in [0, 0.1) is 5.82 Å². The first-order chi connectivity index (χ1) is 18.2. The van der Waals surface area contributed by atoms with Gasteiger partial charge in [0.05, 0.1) is 36.2 Å². The number of fused-ring (bicyclic) bond motifs is 1. The molecule has 13 heteroatoms. The number of aromatic amines is 1. The SMILES string of the molecule is CC(=O)N[C@H](C(=O)N1Cc2[nH]nc(C(=O)N3CCN(c4ncc(Cl)cn4)CC3C)c2C1)c1ccc(F)cc1. The predicted octanol–water partition coefficient (Wildman–Crippen LogP) is 2.06. The molecule has 38 heavy (non-hydrogen) atoms. The van der Waals surface area contributed by atoms with Gasteiger partial charge in [-0.2, -0.15) is 5.10 Å². The second-order valence-electron chi connectivity index (χ2n) is 9.40. The van der Waals surface area contributed by atoms with Gasteiger partial charge in [-0.25, -0.2) is 14.4 Å². The van der Waals surface area contributed by atoms with Gasteiger partial charge < -0.3 is 20.0 Å². The normalized spacial score (nSPS) is 17.8. The van der Waals surface area contributed by atoms with Gasteiger partial charge >= 0.3 is 0 Å². The van der Waals surface area contributed by atoms with Gasteiger partial charge in [0.15, 0.2) is 5.69 Å². The number of hydrogen-bond donors (Lipinski definition) is 2. The van der Waals surface area contributed by atoms with E-state index in [-0.39, 0.29) is 42.5 Å². The van der Waals surface area contributed by atoms with E-state index in [2.05, 4.69) is 25.5 Å². The van der Waals surface area contributed by atoms with E-state index >= 15 is 0 Å². The van der Waals surface area contributed by atoms with Crippen LogP contribution in [0.4, 0.5) is 10.3 Å². The summed E-state index contributed by atoms with van der Waals surface area (Å²) in [5.41, 5.74) is 2.06. The van der Waals surface area contributed by atoms with Crippen molar-refractivity contribution in [1.29, 1.82) is 0 Å². The van der Waals surface area contributed by atoms with Gasteiger partial charge in [0.2, 0.25) is 17.8 Å². The molecule has 1 fully saturated rings. The van der Waals surface area contributed by atoms with Crippen LogP contribution in [0.1, 0.15) is 47.2 Å². The minimum absolute atomic E-state index is 0.135. The number of anilines is 1. The second-order valence-corrected chi connectivity index (χ2v) is 9.84. The summed E-state index contributed by atoms with van der Waals surface area (Å²) in [6, 6.07) is 4.30. The number of rotatable bonds is 5. The van der Waals surface area contributed by atoms with Crippen molar-refractivity contribution in [2.75, 3.05) is 24.5 Å². The van der Waals surface area contributed by atoms with Crippen LogP contribution in [-0.2, 0) is 22.7 Å². The highest BCUT2D eigenvalue weighted by Crippen LogP contribution is 2.29. The third kappa shape index (κ3) is 5.03. The van der Waals surface area contributed by atoms with Crippen LogP contribution < -0.4 is 10.2 Å². The molecule has 4 heterocycles. The number of hydrogen-bond acceptors (Lipinski definition) is 7. The van der Waals surface area contributed by atoms with Crippen LogP contribution in [0.3, 0.4) is 0 Å². The second kappa shape index (κ2) is 10.4. The average molecular weight is 541 g/mol. The molecule has 0 radical (unpaired) electrons. The van der Waals surface area contributed by atoms with Gasteiger partial charge in [0.25, 0.3) is 5.91 Å². The molecular weight excluding hydrogens is 515 g/mol. The Balaban J connectivity index is 1.29. The molecule has 198 valence electrons. The Labute approximate surface area is 223 Å². The monoisotopic (exact) mass is 540 g/mol. The quantitative estimate of drug-likeness (QED) is 0.507. The molecule has 11 nitrogen and oxygen atoms in total. The molecule has 1 saturated heterocycles. The maximum atomic E-state index is 13.5. The van der Waals surface area contributed by atoms with Crippen LogP contribution in [0.5, 0.6) is 0 Å². The smallest absolute Gasteiger partial charge is 0.275 e. The lowest BCUT2D eigenvalue weighted by atomic mass is 10.1. The van der Waals surface area contributed by atoms with E-state index in [1.54, 1.807) is 22.2 Å². The molecular formula is C25H26ClFN8O3. The Hall–Kier alpha value is -4.06. The summed E-state index contributed by atoms with van der Waals surface area (Å²) in [7, 11) is 0. The molecule has 1 aromatic carbocycles. The molecule has 0 bridgehead atoms. The molecule has 1 unspecified atom stereocenters. The number of benzene rings is 1. The fourth-order valence-corrected chi connectivity index (χ4v) is 4.94. The first kappa shape index (κ1) is 25.6. The summed E-state index contributed by atoms with van der Waals surface area (Å²) in [6.07, 6.45) is 3.08. The van der Waals surface area contributed by atoms with Crippen molar-refractivity contribution in [2.24, 2.45) is 0 Å². The highest BCUT2D eigenvalue weighted by Gasteiger charge is 2.37. The van der Waals surface area contributed by atoms with Gasteiger partial charge in [-0.15, -0.1) is 0 Å². The van der Waals surface area contributed by atoms with Gasteiger partial charge in [0.1, 0.15) is 11.9 Å². The largest absolute Gasteiger partial charge is 0.341 e. The van der Waals surface area contributed by atoms with E-state index in [4.69, 9.17) is 11.6 Å². The Kier molecular flexibility index (Phi) is 6.98. The lowest BCUT2D eigenvalue weighted by Gasteiger charge is -2.39. The molecule has 3 aromatic rings. The van der Waals surface area contributed by atoms with Crippen molar-refractivity contribution >= 4 is 35.3 Å². The lowest BCUT2D eigenvalue weighted by molar-refractivity contribution is -0.136. The molecule has 2 aliphatic rings. The number of nitrogens with zero attached hydrogens (tertiary/aromatic N) is 6. The van der Waals surface area contributed by atoms with Gasteiger partial charge in [-0.1, -0.05) is 23.7 Å². The van der Waals surface area contributed by atoms with Crippen LogP contribution in [0.15, 0.2) is 36.7 Å². The zero-order valence-electron chi connectivity index (χ0n) is 20.8. The summed E-state index contributed by atoms with van der Waals surface area (Å²) in [6.45, 7) is 5.18. The number of nitrogens with one attached hydrogen (secondary N) is 2. The summed E-state index contributed by atoms with van der Waals surface area (Å²) < 4.78 is 13.4. The van der Waals surface area contributed by atoms with E-state index in [1.807, 2.05) is 11.8 Å². The van der Waals surface area contributed by atoms with E-state index in [0.29, 0.717) is 47.4 Å². The van der Waals surface area contributed by atoms with Crippen molar-refractivity contribution < 1.29 is 18.8 Å². The Bertz CT molecular complexity index is 1360. The molecule has 2 N–H and O–H groups in total. The first-order valence-electron chi connectivity index (χ1n) is 12.1. The number of amides is 3. The number of halogens is 2. The Morgan fingerprint density at radius 1 is 1.13 bits per heavy atom. The van der Waals surface area contributed by atoms with E-state index in [0.717, 1.165) is 0 Å². The number of piperazine rings is 1. The maximum Gasteiger partial charge on any atom is 0.275 e. The molecule has 2 atom stereocenters. The zero-order chi connectivity index (χ0) is 27.0. The zero-order valence-corrected chi connectivity index (χ0v) is 21.6. The molecule has 0 spiro atoms. The molecule has 5 rings (SSSR count). The molecule has 3 amide bonds. The van der Waals surface area contributed by atoms with Gasteiger partial charge in [-0.05, 0) is 24.6 Å². The maximum absolute atomic E-state index is 13.5. The van der Waals surface area contributed by atoms with Gasteiger partial charge in [-0.3, -0.25) is 19.5 Å². The third-order valence-electron chi connectivity index (χ3n) is 6.74. The number of carbonyl (C=O) groups is 3. The standard InChI is InChI=1S/C25H26ClFN8O3/c1-14-11-33(25-28-9-17(26)10-29-25)7-8-35(14)24(38)22-19-12-34(13-20(19)31-32-22)23(37)21(30-15(2)36)16-3-5-18(27)6-4-16/h3-6,9-10,14,21H,7-8,11-13H2,1-2H3,(H,30,36)(H,31,32)/t14?,21-/m0/s1. The fourth-order valence-electron chi connectivity index (χ4n) is 4.85. The van der Waals surface area contributed by atoms with E-state index in [9.17, 15) is 18.8 Å². The number of H-pyrrole nitrogens is 1. The minimum atomic E-state index is -0.979. The predicted molar refractivity (Wildman–Crippen MR) is 136 cm³/mol. The molecule has 2 aromatic heterocycles. The van der Waals surface area contributed by atoms with E-state index < -0.39 is 11.9 Å².